The molecule has 0 bridgehead atoms. The van der Waals surface area contributed by atoms with Crippen molar-refractivity contribution in [2.24, 2.45) is 0 Å². The number of hydrogen-bond donors (Lipinski definition) is 1. The summed E-state index contributed by atoms with van der Waals surface area (Å²) in [5.41, 5.74) is 1.73. The van der Waals surface area contributed by atoms with Crippen LogP contribution in [0.3, 0.4) is 0 Å². The molecule has 6 heteroatoms. The van der Waals surface area contributed by atoms with E-state index in [-0.39, 0.29) is 11.2 Å². The number of anilines is 1. The molecule has 0 aliphatic carbocycles. The Morgan fingerprint density at radius 2 is 2.11 bits per heavy atom. The van der Waals surface area contributed by atoms with Gasteiger partial charge in [0.1, 0.15) is 0 Å². The lowest BCUT2D eigenvalue weighted by Crippen LogP contribution is -2.22. The fourth-order valence-electron chi connectivity index (χ4n) is 1.37. The molecule has 3 nitrogen and oxygen atoms in total. The van der Waals surface area contributed by atoms with Crippen molar-refractivity contribution in [1.29, 1.82) is 0 Å². The predicted molar refractivity (Wildman–Crippen MR) is 82.3 cm³/mol. The summed E-state index contributed by atoms with van der Waals surface area (Å²) in [4.78, 5) is 16.4. The fraction of sp³-hybridized carbons (Fsp3) is 0.231. The van der Waals surface area contributed by atoms with E-state index in [9.17, 15) is 4.79 Å². The number of nitrogens with one attached hydrogen (secondary N) is 1. The normalized spacial score (nSPS) is 12.2. The molecule has 1 heterocycles. The fourth-order valence-corrected chi connectivity index (χ4v) is 3.48. The van der Waals surface area contributed by atoms with Crippen LogP contribution < -0.4 is 5.32 Å². The highest BCUT2D eigenvalue weighted by Crippen LogP contribution is 2.27. The number of nitrogens with zero attached hydrogens (tertiary/aromatic N) is 1. The maximum absolute atomic E-state index is 12.0. The number of carbonyl (C=O) groups is 1. The average Bonchev–Trinajstić information content (AvgIpc) is 2.77. The maximum atomic E-state index is 12.0. The molecule has 1 atom stereocenters. The first-order chi connectivity index (χ1) is 9.04. The molecule has 1 N–H and O–H groups in total. The minimum atomic E-state index is -0.193. The summed E-state index contributed by atoms with van der Waals surface area (Å²) in [7, 11) is 0. The topological polar surface area (TPSA) is 42.0 Å². The molecule has 2 rings (SSSR count). The molecule has 0 fully saturated rings. The van der Waals surface area contributed by atoms with Crippen LogP contribution in [0.1, 0.15) is 12.6 Å². The number of carbonyl (C=O) groups excluding carboxylic acids is 1. The zero-order chi connectivity index (χ0) is 13.8. The summed E-state index contributed by atoms with van der Waals surface area (Å²) in [6.45, 7) is 3.81. The van der Waals surface area contributed by atoms with Crippen molar-refractivity contribution >= 4 is 46.3 Å². The van der Waals surface area contributed by atoms with Crippen molar-refractivity contribution in [1.82, 2.24) is 4.98 Å². The molecule has 1 aromatic heterocycles. The Bertz CT molecular complexity index is 568. The second-order valence-corrected chi connectivity index (χ2v) is 6.89. The van der Waals surface area contributed by atoms with Gasteiger partial charge >= 0.3 is 0 Å². The van der Waals surface area contributed by atoms with Gasteiger partial charge in [0.25, 0.3) is 0 Å². The highest BCUT2D eigenvalue weighted by Gasteiger charge is 2.16. The molecule has 2 aromatic rings. The van der Waals surface area contributed by atoms with Crippen molar-refractivity contribution in [3.05, 3.63) is 40.4 Å². The molecule has 0 saturated carbocycles. The molecule has 0 spiro atoms. The van der Waals surface area contributed by atoms with Gasteiger partial charge in [0.2, 0.25) is 5.91 Å². The summed E-state index contributed by atoms with van der Waals surface area (Å²) in [6, 6.07) is 7.06. The number of thiazole rings is 1. The van der Waals surface area contributed by atoms with E-state index in [1.807, 2.05) is 19.2 Å². The lowest BCUT2D eigenvalue weighted by Gasteiger charge is -2.10. The van der Waals surface area contributed by atoms with Crippen molar-refractivity contribution in [3.63, 3.8) is 0 Å². The number of benzene rings is 1. The Balaban J connectivity index is 1.94. The standard InChI is InChI=1S/C13H13ClN2OS2/c1-8-7-18-13(15-8)19-9(2)12(17)16-11-5-3-10(14)4-6-11/h3-7,9H,1-2H3,(H,16,17)/t9-/m1/s1. The van der Waals surface area contributed by atoms with Crippen molar-refractivity contribution < 1.29 is 4.79 Å². The minimum Gasteiger partial charge on any atom is -0.325 e. The van der Waals surface area contributed by atoms with Crippen LogP contribution in [0, 0.1) is 6.92 Å². The Morgan fingerprint density at radius 3 is 2.68 bits per heavy atom. The number of hydrogen-bond acceptors (Lipinski definition) is 4. The van der Waals surface area contributed by atoms with E-state index < -0.39 is 0 Å². The van der Waals surface area contributed by atoms with Gasteiger partial charge in [-0.15, -0.1) is 11.3 Å². The summed E-state index contributed by atoms with van der Waals surface area (Å²) in [5, 5.41) is 5.29. The van der Waals surface area contributed by atoms with Gasteiger partial charge in [0, 0.05) is 21.8 Å². The van der Waals surface area contributed by atoms with Gasteiger partial charge in [-0.05, 0) is 38.1 Å². The Morgan fingerprint density at radius 1 is 1.42 bits per heavy atom. The predicted octanol–water partition coefficient (Wildman–Crippen LogP) is 4.22. The average molecular weight is 313 g/mol. The van der Waals surface area contributed by atoms with Gasteiger partial charge in [0.15, 0.2) is 4.34 Å². The first kappa shape index (κ1) is 14.4. The Kier molecular flexibility index (Phi) is 4.85. The summed E-state index contributed by atoms with van der Waals surface area (Å²) >= 11 is 8.82. The van der Waals surface area contributed by atoms with Gasteiger partial charge in [-0.3, -0.25) is 4.79 Å². The lowest BCUT2D eigenvalue weighted by atomic mass is 10.3. The van der Waals surface area contributed by atoms with Crippen LogP contribution in [0.15, 0.2) is 34.0 Å². The smallest absolute Gasteiger partial charge is 0.237 e. The van der Waals surface area contributed by atoms with Crippen LogP contribution in [-0.4, -0.2) is 16.1 Å². The molecule has 0 radical (unpaired) electrons. The van der Waals surface area contributed by atoms with Crippen LogP contribution in [0.5, 0.6) is 0 Å². The third-order valence-electron chi connectivity index (χ3n) is 2.36. The Hall–Kier alpha value is -1.04. The molecular formula is C13H13ClN2OS2. The van der Waals surface area contributed by atoms with Gasteiger partial charge in [-0.25, -0.2) is 4.98 Å². The number of thioether (sulfide) groups is 1. The second kappa shape index (κ2) is 6.41. The zero-order valence-corrected chi connectivity index (χ0v) is 12.9. The van der Waals surface area contributed by atoms with Crippen LogP contribution in [-0.2, 0) is 4.79 Å². The van der Waals surface area contributed by atoms with E-state index in [0.29, 0.717) is 5.02 Å². The van der Waals surface area contributed by atoms with E-state index in [2.05, 4.69) is 10.3 Å². The molecule has 1 amide bonds. The second-order valence-electron chi connectivity index (χ2n) is 4.01. The number of aryl methyl sites for hydroxylation is 1. The van der Waals surface area contributed by atoms with Gasteiger partial charge in [0.05, 0.1) is 5.25 Å². The van der Waals surface area contributed by atoms with Crippen molar-refractivity contribution in [2.75, 3.05) is 5.32 Å². The molecule has 0 saturated heterocycles. The summed E-state index contributed by atoms with van der Waals surface area (Å²) in [5.74, 6) is -0.0415. The number of amides is 1. The number of halogens is 1. The van der Waals surface area contributed by atoms with Gasteiger partial charge < -0.3 is 5.32 Å². The highest BCUT2D eigenvalue weighted by atomic mass is 35.5. The van der Waals surface area contributed by atoms with E-state index >= 15 is 0 Å². The largest absolute Gasteiger partial charge is 0.325 e. The summed E-state index contributed by atoms with van der Waals surface area (Å²) in [6.07, 6.45) is 0. The number of rotatable bonds is 4. The maximum Gasteiger partial charge on any atom is 0.237 e. The van der Waals surface area contributed by atoms with Gasteiger partial charge in [-0.2, -0.15) is 0 Å². The first-order valence-corrected chi connectivity index (χ1v) is 7.83. The minimum absolute atomic E-state index is 0.0415. The molecule has 0 aliphatic heterocycles. The number of aromatic nitrogens is 1. The van der Waals surface area contributed by atoms with Crippen LogP contribution in [0.25, 0.3) is 0 Å². The molecule has 0 aliphatic rings. The monoisotopic (exact) mass is 312 g/mol. The van der Waals surface area contributed by atoms with E-state index in [1.165, 1.54) is 11.8 Å². The third-order valence-corrected chi connectivity index (χ3v) is 4.80. The van der Waals surface area contributed by atoms with Crippen molar-refractivity contribution in [3.8, 4) is 0 Å². The SMILES string of the molecule is Cc1csc(S[C@H](C)C(=O)Nc2ccc(Cl)cc2)n1. The summed E-state index contributed by atoms with van der Waals surface area (Å²) < 4.78 is 0.913. The van der Waals surface area contributed by atoms with E-state index in [4.69, 9.17) is 11.6 Å². The third kappa shape index (κ3) is 4.23. The molecule has 0 unspecified atom stereocenters. The lowest BCUT2D eigenvalue weighted by molar-refractivity contribution is -0.115. The zero-order valence-electron chi connectivity index (χ0n) is 10.5. The highest BCUT2D eigenvalue weighted by molar-refractivity contribution is 8.02. The molecular weight excluding hydrogens is 300 g/mol. The Labute approximate surface area is 125 Å². The molecule has 100 valence electrons. The molecule has 19 heavy (non-hydrogen) atoms. The van der Waals surface area contributed by atoms with Crippen LogP contribution in [0.2, 0.25) is 5.02 Å². The van der Waals surface area contributed by atoms with E-state index in [1.54, 1.807) is 35.6 Å². The van der Waals surface area contributed by atoms with Crippen molar-refractivity contribution in [2.45, 2.75) is 23.4 Å². The first-order valence-electron chi connectivity index (χ1n) is 5.70. The van der Waals surface area contributed by atoms with Crippen LogP contribution >= 0.6 is 34.7 Å². The quantitative estimate of drug-likeness (QED) is 0.859. The van der Waals surface area contributed by atoms with Gasteiger partial charge in [-0.1, -0.05) is 23.4 Å². The molecule has 1 aromatic carbocycles. The van der Waals surface area contributed by atoms with Crippen LogP contribution in [0.4, 0.5) is 5.69 Å². The van der Waals surface area contributed by atoms with E-state index in [0.717, 1.165) is 15.7 Å².